The first-order valence-corrected chi connectivity index (χ1v) is 7.04. The summed E-state index contributed by atoms with van der Waals surface area (Å²) in [6.45, 7) is 1.96. The summed E-state index contributed by atoms with van der Waals surface area (Å²) < 4.78 is 5.66. The first-order chi connectivity index (χ1) is 10.8. The quantitative estimate of drug-likeness (QED) is 0.552. The maximum absolute atomic E-state index is 5.66. The highest BCUT2D eigenvalue weighted by atomic mass is 16.3. The smallest absolute Gasteiger partial charge is 0.182 e. The van der Waals surface area contributed by atoms with Gasteiger partial charge in [-0.1, -0.05) is 24.3 Å². The highest BCUT2D eigenvalue weighted by Gasteiger charge is 2.16. The van der Waals surface area contributed by atoms with Crippen molar-refractivity contribution < 1.29 is 4.42 Å². The van der Waals surface area contributed by atoms with Crippen molar-refractivity contribution >= 4 is 10.9 Å². The Balaban J connectivity index is 1.96. The molecule has 1 aromatic carbocycles. The topological polar surface area (TPSA) is 51.8 Å². The normalized spacial score (nSPS) is 11.0. The lowest BCUT2D eigenvalue weighted by Gasteiger charge is -2.05. The van der Waals surface area contributed by atoms with Crippen molar-refractivity contribution in [3.8, 4) is 22.7 Å². The minimum Gasteiger partial charge on any atom is -0.443 e. The predicted molar refractivity (Wildman–Crippen MR) is 85.2 cm³/mol. The summed E-state index contributed by atoms with van der Waals surface area (Å²) in [7, 11) is 0. The van der Waals surface area contributed by atoms with Crippen molar-refractivity contribution in [2.75, 3.05) is 0 Å². The van der Waals surface area contributed by atoms with Crippen LogP contribution in [-0.4, -0.2) is 15.0 Å². The second kappa shape index (κ2) is 5.07. The van der Waals surface area contributed by atoms with E-state index in [2.05, 4.69) is 15.0 Å². The van der Waals surface area contributed by atoms with Crippen LogP contribution in [0.25, 0.3) is 33.6 Å². The highest BCUT2D eigenvalue weighted by Crippen LogP contribution is 2.33. The number of aryl methyl sites for hydroxylation is 1. The van der Waals surface area contributed by atoms with Crippen LogP contribution in [0.2, 0.25) is 0 Å². The minimum atomic E-state index is 0.697. The summed E-state index contributed by atoms with van der Waals surface area (Å²) in [5.74, 6) is 0.697. The van der Waals surface area contributed by atoms with E-state index in [-0.39, 0.29) is 0 Å². The molecule has 0 saturated carbocycles. The Morgan fingerprint density at radius 1 is 0.909 bits per heavy atom. The number of pyridine rings is 2. The molecule has 22 heavy (non-hydrogen) atoms. The van der Waals surface area contributed by atoms with Gasteiger partial charge in [-0.2, -0.15) is 0 Å². The number of hydrogen-bond acceptors (Lipinski definition) is 4. The van der Waals surface area contributed by atoms with Crippen LogP contribution in [0.15, 0.2) is 65.5 Å². The van der Waals surface area contributed by atoms with E-state index < -0.39 is 0 Å². The van der Waals surface area contributed by atoms with E-state index in [9.17, 15) is 0 Å². The van der Waals surface area contributed by atoms with E-state index in [0.29, 0.717) is 5.76 Å². The molecule has 0 aliphatic heterocycles. The van der Waals surface area contributed by atoms with Gasteiger partial charge in [0.15, 0.2) is 12.2 Å². The van der Waals surface area contributed by atoms with E-state index in [1.165, 1.54) is 6.39 Å². The zero-order valence-electron chi connectivity index (χ0n) is 12.0. The van der Waals surface area contributed by atoms with Crippen LogP contribution in [-0.2, 0) is 0 Å². The van der Waals surface area contributed by atoms with Crippen molar-refractivity contribution in [1.29, 1.82) is 0 Å². The molecule has 0 aliphatic rings. The first-order valence-electron chi connectivity index (χ1n) is 7.04. The average Bonchev–Trinajstić information content (AvgIpc) is 3.04. The fourth-order valence-electron chi connectivity index (χ4n) is 2.58. The average molecular weight is 287 g/mol. The molecule has 4 rings (SSSR count). The molecule has 4 aromatic rings. The molecule has 0 fully saturated rings. The minimum absolute atomic E-state index is 0.697. The molecule has 0 spiro atoms. The fourth-order valence-corrected chi connectivity index (χ4v) is 2.58. The molecule has 0 amide bonds. The molecular formula is C18H13N3O. The molecule has 0 bridgehead atoms. The molecule has 0 unspecified atom stereocenters. The number of benzene rings is 1. The summed E-state index contributed by atoms with van der Waals surface area (Å²) in [4.78, 5) is 13.4. The van der Waals surface area contributed by atoms with Crippen molar-refractivity contribution in [3.05, 3.63) is 66.8 Å². The number of hydrogen-bond donors (Lipinski definition) is 0. The van der Waals surface area contributed by atoms with Gasteiger partial charge in [0.05, 0.1) is 11.2 Å². The van der Waals surface area contributed by atoms with E-state index in [1.54, 1.807) is 6.20 Å². The molecule has 4 nitrogen and oxygen atoms in total. The van der Waals surface area contributed by atoms with Crippen LogP contribution in [0.4, 0.5) is 0 Å². The molecule has 0 aliphatic carbocycles. The Kier molecular flexibility index (Phi) is 2.93. The predicted octanol–water partition coefficient (Wildman–Crippen LogP) is 4.26. The summed E-state index contributed by atoms with van der Waals surface area (Å²) >= 11 is 0. The van der Waals surface area contributed by atoms with Crippen molar-refractivity contribution in [1.82, 2.24) is 15.0 Å². The number of fused-ring (bicyclic) bond motifs is 1. The van der Waals surface area contributed by atoms with Crippen LogP contribution in [0, 0.1) is 6.92 Å². The third-order valence-corrected chi connectivity index (χ3v) is 3.58. The third kappa shape index (κ3) is 2.05. The lowest BCUT2D eigenvalue weighted by atomic mass is 10.0. The molecule has 0 saturated heterocycles. The van der Waals surface area contributed by atoms with Gasteiger partial charge in [-0.3, -0.25) is 9.97 Å². The van der Waals surface area contributed by atoms with Gasteiger partial charge in [0, 0.05) is 22.8 Å². The van der Waals surface area contributed by atoms with Gasteiger partial charge in [-0.25, -0.2) is 4.98 Å². The van der Waals surface area contributed by atoms with Crippen molar-refractivity contribution in [3.63, 3.8) is 0 Å². The van der Waals surface area contributed by atoms with Gasteiger partial charge in [-0.05, 0) is 31.2 Å². The largest absolute Gasteiger partial charge is 0.443 e. The number of rotatable bonds is 2. The Labute approximate surface area is 127 Å². The second-order valence-corrected chi connectivity index (χ2v) is 5.07. The number of aromatic nitrogens is 3. The zero-order chi connectivity index (χ0) is 14.9. The van der Waals surface area contributed by atoms with Gasteiger partial charge in [0.2, 0.25) is 0 Å². The van der Waals surface area contributed by atoms with Gasteiger partial charge in [0.1, 0.15) is 5.69 Å². The van der Waals surface area contributed by atoms with Gasteiger partial charge < -0.3 is 4.42 Å². The van der Waals surface area contributed by atoms with Crippen LogP contribution in [0.5, 0.6) is 0 Å². The van der Waals surface area contributed by atoms with Crippen LogP contribution < -0.4 is 0 Å². The van der Waals surface area contributed by atoms with Crippen LogP contribution >= 0.6 is 0 Å². The van der Waals surface area contributed by atoms with Gasteiger partial charge in [0.25, 0.3) is 0 Å². The van der Waals surface area contributed by atoms with Crippen LogP contribution in [0.3, 0.4) is 0 Å². The standard InChI is InChI=1S/C18H13N3O/c1-12-5-2-9-15(21-12)17-18(22-11-20-17)14-8-3-6-13-7-4-10-19-16(13)14/h2-11H,1H3. The fraction of sp³-hybridized carbons (Fsp3) is 0.0556. The Morgan fingerprint density at radius 2 is 1.77 bits per heavy atom. The number of para-hydroxylation sites is 1. The summed E-state index contributed by atoms with van der Waals surface area (Å²) in [6.07, 6.45) is 3.24. The summed E-state index contributed by atoms with van der Waals surface area (Å²) in [5.41, 5.74) is 4.31. The van der Waals surface area contributed by atoms with Crippen molar-refractivity contribution in [2.24, 2.45) is 0 Å². The van der Waals surface area contributed by atoms with E-state index >= 15 is 0 Å². The molecule has 106 valence electrons. The Hall–Kier alpha value is -3.01. The van der Waals surface area contributed by atoms with Gasteiger partial charge >= 0.3 is 0 Å². The number of oxazole rings is 1. The first kappa shape index (κ1) is 12.7. The SMILES string of the molecule is Cc1cccc(-c2ncoc2-c2cccc3cccnc23)n1. The maximum atomic E-state index is 5.66. The lowest BCUT2D eigenvalue weighted by molar-refractivity contribution is 0.572. The summed E-state index contributed by atoms with van der Waals surface area (Å²) in [6, 6.07) is 15.9. The van der Waals surface area contributed by atoms with Crippen molar-refractivity contribution in [2.45, 2.75) is 6.92 Å². The zero-order valence-corrected chi connectivity index (χ0v) is 12.0. The molecule has 3 heterocycles. The monoisotopic (exact) mass is 287 g/mol. The molecule has 0 radical (unpaired) electrons. The molecular weight excluding hydrogens is 274 g/mol. The van der Waals surface area contributed by atoms with Crippen LogP contribution in [0.1, 0.15) is 5.69 Å². The molecule has 0 atom stereocenters. The molecule has 0 N–H and O–H groups in total. The second-order valence-electron chi connectivity index (χ2n) is 5.07. The highest BCUT2D eigenvalue weighted by molar-refractivity contribution is 5.94. The summed E-state index contributed by atoms with van der Waals surface area (Å²) in [5, 5.41) is 1.07. The molecule has 4 heteroatoms. The Bertz CT molecular complexity index is 954. The van der Waals surface area contributed by atoms with Gasteiger partial charge in [-0.15, -0.1) is 0 Å². The van der Waals surface area contributed by atoms with E-state index in [1.807, 2.05) is 55.5 Å². The molecule has 3 aromatic heterocycles. The number of nitrogens with zero attached hydrogens (tertiary/aromatic N) is 3. The maximum Gasteiger partial charge on any atom is 0.182 e. The third-order valence-electron chi connectivity index (χ3n) is 3.58. The lowest BCUT2D eigenvalue weighted by Crippen LogP contribution is -1.90. The Morgan fingerprint density at radius 3 is 2.68 bits per heavy atom. The van der Waals surface area contributed by atoms with E-state index in [0.717, 1.165) is 33.5 Å². The van der Waals surface area contributed by atoms with E-state index in [4.69, 9.17) is 4.42 Å².